The second-order valence-corrected chi connectivity index (χ2v) is 7.66. The number of amides is 1. The van der Waals surface area contributed by atoms with Gasteiger partial charge in [0.25, 0.3) is 0 Å². The Balaban J connectivity index is 1.91. The molecule has 0 saturated carbocycles. The molecule has 0 N–H and O–H groups in total. The van der Waals surface area contributed by atoms with Crippen molar-refractivity contribution in [2.45, 2.75) is 12.2 Å². The third-order valence-corrected chi connectivity index (χ3v) is 5.31. The molecule has 1 aromatic carbocycles. The SMILES string of the molecule is O=C(CCS(=O)(=O)Cc1ccc(F)cc1Cl)N1CCOCC1. The highest BCUT2D eigenvalue weighted by Crippen LogP contribution is 2.20. The van der Waals surface area contributed by atoms with Crippen LogP contribution in [0.1, 0.15) is 12.0 Å². The van der Waals surface area contributed by atoms with E-state index in [-0.39, 0.29) is 28.9 Å². The van der Waals surface area contributed by atoms with Crippen LogP contribution in [0.3, 0.4) is 0 Å². The fraction of sp³-hybridized carbons (Fsp3) is 0.500. The van der Waals surface area contributed by atoms with Crippen molar-refractivity contribution in [1.82, 2.24) is 4.90 Å². The highest BCUT2D eigenvalue weighted by Gasteiger charge is 2.21. The van der Waals surface area contributed by atoms with Crippen LogP contribution in [0.4, 0.5) is 4.39 Å². The van der Waals surface area contributed by atoms with E-state index in [0.29, 0.717) is 31.9 Å². The summed E-state index contributed by atoms with van der Waals surface area (Å²) in [5.41, 5.74) is 0.335. The summed E-state index contributed by atoms with van der Waals surface area (Å²) in [6, 6.07) is 3.58. The summed E-state index contributed by atoms with van der Waals surface area (Å²) in [5.74, 6) is -1.27. The average Bonchev–Trinajstić information content (AvgIpc) is 2.49. The molecule has 0 aliphatic carbocycles. The molecule has 0 aromatic heterocycles. The topological polar surface area (TPSA) is 63.7 Å². The van der Waals surface area contributed by atoms with Crippen molar-refractivity contribution in [3.63, 3.8) is 0 Å². The number of benzene rings is 1. The van der Waals surface area contributed by atoms with E-state index in [1.54, 1.807) is 4.90 Å². The summed E-state index contributed by atoms with van der Waals surface area (Å²) in [5, 5.41) is 0.0723. The number of morpholine rings is 1. The van der Waals surface area contributed by atoms with Crippen LogP contribution in [0.5, 0.6) is 0 Å². The number of sulfone groups is 1. The Bertz CT molecular complexity index is 644. The summed E-state index contributed by atoms with van der Waals surface area (Å²) in [4.78, 5) is 13.5. The minimum Gasteiger partial charge on any atom is -0.378 e. The summed E-state index contributed by atoms with van der Waals surface area (Å²) < 4.78 is 42.2. The van der Waals surface area contributed by atoms with Crippen LogP contribution >= 0.6 is 11.6 Å². The molecule has 0 spiro atoms. The average molecular weight is 350 g/mol. The molecule has 1 saturated heterocycles. The Kier molecular flexibility index (Phi) is 5.77. The third-order valence-electron chi connectivity index (χ3n) is 3.38. The molecule has 0 unspecified atom stereocenters. The van der Waals surface area contributed by atoms with Gasteiger partial charge in [-0.1, -0.05) is 17.7 Å². The van der Waals surface area contributed by atoms with E-state index in [0.717, 1.165) is 12.1 Å². The van der Waals surface area contributed by atoms with Crippen LogP contribution in [-0.2, 0) is 25.1 Å². The number of rotatable bonds is 5. The van der Waals surface area contributed by atoms with E-state index in [1.807, 2.05) is 0 Å². The van der Waals surface area contributed by atoms with Crippen LogP contribution in [0.2, 0.25) is 5.02 Å². The zero-order valence-corrected chi connectivity index (χ0v) is 13.5. The highest BCUT2D eigenvalue weighted by molar-refractivity contribution is 7.90. The van der Waals surface area contributed by atoms with Crippen molar-refractivity contribution in [2.24, 2.45) is 0 Å². The first kappa shape index (κ1) is 17.2. The van der Waals surface area contributed by atoms with Crippen LogP contribution in [0, 0.1) is 5.82 Å². The Labute approximate surface area is 133 Å². The normalized spacial score (nSPS) is 15.8. The third kappa shape index (κ3) is 4.93. The lowest BCUT2D eigenvalue weighted by Gasteiger charge is -2.26. The maximum Gasteiger partial charge on any atom is 0.223 e. The fourth-order valence-corrected chi connectivity index (χ4v) is 3.83. The maximum absolute atomic E-state index is 12.9. The minimum atomic E-state index is -3.49. The van der Waals surface area contributed by atoms with Gasteiger partial charge in [-0.25, -0.2) is 12.8 Å². The highest BCUT2D eigenvalue weighted by atomic mass is 35.5. The summed E-state index contributed by atoms with van der Waals surface area (Å²) in [7, 11) is -3.49. The lowest BCUT2D eigenvalue weighted by Crippen LogP contribution is -2.41. The molecular formula is C14H17ClFNO4S. The van der Waals surface area contributed by atoms with E-state index < -0.39 is 15.7 Å². The second-order valence-electron chi connectivity index (χ2n) is 5.07. The molecule has 1 aliphatic heterocycles. The lowest BCUT2D eigenvalue weighted by molar-refractivity contribution is -0.134. The molecular weight excluding hydrogens is 333 g/mol. The van der Waals surface area contributed by atoms with Crippen LogP contribution in [0.25, 0.3) is 0 Å². The van der Waals surface area contributed by atoms with Gasteiger partial charge in [0.2, 0.25) is 5.91 Å². The van der Waals surface area contributed by atoms with Gasteiger partial charge in [0.15, 0.2) is 9.84 Å². The van der Waals surface area contributed by atoms with E-state index in [2.05, 4.69) is 0 Å². The molecule has 22 heavy (non-hydrogen) atoms. The number of hydrogen-bond acceptors (Lipinski definition) is 4. The summed E-state index contributed by atoms with van der Waals surface area (Å²) in [6.07, 6.45) is -0.0683. The molecule has 1 aliphatic rings. The van der Waals surface area contributed by atoms with E-state index >= 15 is 0 Å². The molecule has 8 heteroatoms. The summed E-state index contributed by atoms with van der Waals surface area (Å²) >= 11 is 5.83. The number of halogens is 2. The van der Waals surface area contributed by atoms with Gasteiger partial charge >= 0.3 is 0 Å². The zero-order chi connectivity index (χ0) is 16.2. The fourth-order valence-electron chi connectivity index (χ4n) is 2.16. The van der Waals surface area contributed by atoms with Crippen molar-refractivity contribution in [1.29, 1.82) is 0 Å². The van der Waals surface area contributed by atoms with Crippen molar-refractivity contribution in [2.75, 3.05) is 32.1 Å². The molecule has 5 nitrogen and oxygen atoms in total. The zero-order valence-electron chi connectivity index (χ0n) is 11.9. The molecule has 0 atom stereocenters. The van der Waals surface area contributed by atoms with Crippen molar-refractivity contribution in [3.8, 4) is 0 Å². The van der Waals surface area contributed by atoms with Gasteiger partial charge < -0.3 is 9.64 Å². The molecule has 1 amide bonds. The van der Waals surface area contributed by atoms with E-state index in [1.165, 1.54) is 6.07 Å². The van der Waals surface area contributed by atoms with Crippen LogP contribution in [-0.4, -0.2) is 51.3 Å². The van der Waals surface area contributed by atoms with Crippen LogP contribution in [0.15, 0.2) is 18.2 Å². The molecule has 0 radical (unpaired) electrons. The van der Waals surface area contributed by atoms with Crippen molar-refractivity contribution in [3.05, 3.63) is 34.6 Å². The van der Waals surface area contributed by atoms with Gasteiger partial charge in [-0.2, -0.15) is 0 Å². The van der Waals surface area contributed by atoms with E-state index in [4.69, 9.17) is 16.3 Å². The molecule has 2 rings (SSSR count). The number of ether oxygens (including phenoxy) is 1. The smallest absolute Gasteiger partial charge is 0.223 e. The first-order valence-electron chi connectivity index (χ1n) is 6.87. The largest absolute Gasteiger partial charge is 0.378 e. The van der Waals surface area contributed by atoms with Crippen LogP contribution < -0.4 is 0 Å². The lowest BCUT2D eigenvalue weighted by atomic mass is 10.2. The van der Waals surface area contributed by atoms with Gasteiger partial charge in [0.05, 0.1) is 24.7 Å². The van der Waals surface area contributed by atoms with Crippen molar-refractivity contribution >= 4 is 27.3 Å². The number of nitrogens with zero attached hydrogens (tertiary/aromatic N) is 1. The minimum absolute atomic E-state index is 0.0683. The predicted molar refractivity (Wildman–Crippen MR) is 80.9 cm³/mol. The Morgan fingerprint density at radius 3 is 2.64 bits per heavy atom. The maximum atomic E-state index is 12.9. The van der Waals surface area contributed by atoms with Gasteiger partial charge in [-0.15, -0.1) is 0 Å². The Morgan fingerprint density at radius 2 is 2.00 bits per heavy atom. The Hall–Kier alpha value is -1.18. The predicted octanol–water partition coefficient (Wildman–Crippen LogP) is 1.64. The Morgan fingerprint density at radius 1 is 1.32 bits per heavy atom. The molecule has 0 bridgehead atoms. The molecule has 122 valence electrons. The first-order chi connectivity index (χ1) is 10.4. The van der Waals surface area contributed by atoms with Gasteiger partial charge in [-0.3, -0.25) is 4.79 Å². The quantitative estimate of drug-likeness (QED) is 0.810. The number of hydrogen-bond donors (Lipinski definition) is 0. The van der Waals surface area contributed by atoms with E-state index in [9.17, 15) is 17.6 Å². The van der Waals surface area contributed by atoms with Gasteiger partial charge in [-0.05, 0) is 17.7 Å². The molecule has 1 heterocycles. The molecule has 1 fully saturated rings. The van der Waals surface area contributed by atoms with Gasteiger partial charge in [0.1, 0.15) is 5.82 Å². The molecule has 1 aromatic rings. The monoisotopic (exact) mass is 349 g/mol. The number of carbonyl (C=O) groups excluding carboxylic acids is 1. The van der Waals surface area contributed by atoms with Gasteiger partial charge in [0, 0.05) is 24.5 Å². The first-order valence-corrected chi connectivity index (χ1v) is 9.07. The summed E-state index contributed by atoms with van der Waals surface area (Å²) in [6.45, 7) is 1.93. The standard InChI is InChI=1S/C14H17ClFNO4S/c15-13-9-12(16)2-1-11(13)10-22(19,20)8-3-14(18)17-4-6-21-7-5-17/h1-2,9H,3-8,10H2. The second kappa shape index (κ2) is 7.39. The van der Waals surface area contributed by atoms with Crippen molar-refractivity contribution < 1.29 is 22.3 Å². The number of carbonyl (C=O) groups is 1.